The van der Waals surface area contributed by atoms with E-state index in [0.29, 0.717) is 5.92 Å². The van der Waals surface area contributed by atoms with Gasteiger partial charge in [-0.05, 0) is 45.4 Å². The monoisotopic (exact) mass is 261 g/mol. The van der Waals surface area contributed by atoms with Crippen LogP contribution >= 0.6 is 0 Å². The second kappa shape index (κ2) is 5.17. The second-order valence-corrected chi connectivity index (χ2v) is 5.88. The molecule has 0 aliphatic heterocycles. The van der Waals surface area contributed by atoms with Crippen molar-refractivity contribution >= 4 is 0 Å². The van der Waals surface area contributed by atoms with Crippen molar-refractivity contribution in [1.82, 2.24) is 15.3 Å². The molecule has 1 N–H and O–H groups in total. The molecule has 2 saturated carbocycles. The Kier molecular flexibility index (Phi) is 3.54. The molecule has 0 radical (unpaired) electrons. The van der Waals surface area contributed by atoms with E-state index in [9.17, 15) is 0 Å². The van der Waals surface area contributed by atoms with Crippen LogP contribution < -0.4 is 5.32 Å². The van der Waals surface area contributed by atoms with Crippen molar-refractivity contribution in [3.05, 3.63) is 22.8 Å². The molecule has 1 aromatic heterocycles. The molecule has 0 spiro atoms. The number of rotatable bonds is 6. The molecule has 1 unspecified atom stereocenters. The third-order valence-corrected chi connectivity index (χ3v) is 4.14. The van der Waals surface area contributed by atoms with Gasteiger partial charge in [-0.2, -0.15) is 0 Å². The predicted molar refractivity (Wildman–Crippen MR) is 73.8 cm³/mol. The van der Waals surface area contributed by atoms with E-state index >= 15 is 0 Å². The Balaban J connectivity index is 1.78. The van der Waals surface area contributed by atoms with Crippen LogP contribution in [0.2, 0.25) is 0 Å². The van der Waals surface area contributed by atoms with Gasteiger partial charge in [0.2, 0.25) is 0 Å². The highest BCUT2D eigenvalue weighted by molar-refractivity contribution is 5.25. The Bertz CT molecular complexity index is 443. The summed E-state index contributed by atoms with van der Waals surface area (Å²) in [5, 5.41) is 3.54. The van der Waals surface area contributed by atoms with Crippen LogP contribution in [-0.2, 0) is 11.3 Å². The van der Waals surface area contributed by atoms with Crippen LogP contribution in [0.5, 0.6) is 0 Å². The van der Waals surface area contributed by atoms with E-state index in [-0.39, 0.29) is 6.10 Å². The molecular weight excluding hydrogens is 238 g/mol. The van der Waals surface area contributed by atoms with Gasteiger partial charge in [-0.15, -0.1) is 0 Å². The molecule has 1 atom stereocenters. The SMILES string of the molecule is COC(c1nc(C)c(CNC2CC2)c(C)n1)C1CC1. The Morgan fingerprint density at radius 2 is 1.79 bits per heavy atom. The van der Waals surface area contributed by atoms with E-state index in [1.807, 2.05) is 0 Å². The number of methoxy groups -OCH3 is 1. The van der Waals surface area contributed by atoms with Gasteiger partial charge in [0.05, 0.1) is 0 Å². The highest BCUT2D eigenvalue weighted by atomic mass is 16.5. The van der Waals surface area contributed by atoms with Gasteiger partial charge in [0, 0.05) is 36.6 Å². The van der Waals surface area contributed by atoms with E-state index in [1.54, 1.807) is 7.11 Å². The lowest BCUT2D eigenvalue weighted by Gasteiger charge is -2.17. The second-order valence-electron chi connectivity index (χ2n) is 5.88. The molecular formula is C15H23N3O. The first kappa shape index (κ1) is 13.0. The lowest BCUT2D eigenvalue weighted by Crippen LogP contribution is -2.19. The van der Waals surface area contributed by atoms with Crippen LogP contribution in [0.25, 0.3) is 0 Å². The van der Waals surface area contributed by atoms with Gasteiger partial charge in [-0.25, -0.2) is 9.97 Å². The smallest absolute Gasteiger partial charge is 0.157 e. The van der Waals surface area contributed by atoms with E-state index in [0.717, 1.165) is 29.8 Å². The summed E-state index contributed by atoms with van der Waals surface area (Å²) in [4.78, 5) is 9.38. The third kappa shape index (κ3) is 2.95. The van der Waals surface area contributed by atoms with E-state index in [1.165, 1.54) is 31.2 Å². The summed E-state index contributed by atoms with van der Waals surface area (Å²) in [6.07, 6.45) is 5.19. The molecule has 3 rings (SSSR count). The average Bonchev–Trinajstić information content (AvgIpc) is 3.24. The highest BCUT2D eigenvalue weighted by Crippen LogP contribution is 2.42. The van der Waals surface area contributed by atoms with Crippen LogP contribution in [0.15, 0.2) is 0 Å². The van der Waals surface area contributed by atoms with E-state index in [2.05, 4.69) is 29.1 Å². The normalized spacial score (nSPS) is 20.6. The fraction of sp³-hybridized carbons (Fsp3) is 0.733. The summed E-state index contributed by atoms with van der Waals surface area (Å²) in [5.41, 5.74) is 3.44. The van der Waals surface area contributed by atoms with Crippen LogP contribution in [-0.4, -0.2) is 23.1 Å². The van der Waals surface area contributed by atoms with Crippen molar-refractivity contribution < 1.29 is 4.74 Å². The molecule has 2 aliphatic carbocycles. The average molecular weight is 261 g/mol. The van der Waals surface area contributed by atoms with Crippen molar-refractivity contribution in [3.8, 4) is 0 Å². The van der Waals surface area contributed by atoms with Crippen LogP contribution in [0.3, 0.4) is 0 Å². The van der Waals surface area contributed by atoms with Gasteiger partial charge in [0.25, 0.3) is 0 Å². The van der Waals surface area contributed by atoms with Crippen LogP contribution in [0.1, 0.15) is 54.6 Å². The number of hydrogen-bond donors (Lipinski definition) is 1. The maximum atomic E-state index is 5.58. The van der Waals surface area contributed by atoms with Crippen molar-refractivity contribution in [2.45, 2.75) is 58.2 Å². The zero-order chi connectivity index (χ0) is 13.4. The number of nitrogens with one attached hydrogen (secondary N) is 1. The molecule has 1 aromatic rings. The number of nitrogens with zero attached hydrogens (tertiary/aromatic N) is 2. The van der Waals surface area contributed by atoms with Crippen molar-refractivity contribution in [1.29, 1.82) is 0 Å². The Hall–Kier alpha value is -1.00. The molecule has 2 aliphatic rings. The van der Waals surface area contributed by atoms with Gasteiger partial charge < -0.3 is 10.1 Å². The fourth-order valence-electron chi connectivity index (χ4n) is 2.59. The molecule has 0 saturated heterocycles. The summed E-state index contributed by atoms with van der Waals surface area (Å²) in [6.45, 7) is 5.06. The van der Waals surface area contributed by atoms with Gasteiger partial charge in [-0.3, -0.25) is 0 Å². The first-order chi connectivity index (χ1) is 9.19. The first-order valence-corrected chi connectivity index (χ1v) is 7.29. The molecule has 0 amide bonds. The lowest BCUT2D eigenvalue weighted by atomic mass is 10.1. The van der Waals surface area contributed by atoms with Gasteiger partial charge >= 0.3 is 0 Å². The quantitative estimate of drug-likeness (QED) is 0.854. The Labute approximate surface area is 115 Å². The molecule has 19 heavy (non-hydrogen) atoms. The van der Waals surface area contributed by atoms with E-state index < -0.39 is 0 Å². The fourth-order valence-corrected chi connectivity index (χ4v) is 2.59. The van der Waals surface area contributed by atoms with E-state index in [4.69, 9.17) is 4.74 Å². The molecule has 0 bridgehead atoms. The highest BCUT2D eigenvalue weighted by Gasteiger charge is 2.34. The topological polar surface area (TPSA) is 47.0 Å². The Morgan fingerprint density at radius 1 is 1.16 bits per heavy atom. The lowest BCUT2D eigenvalue weighted by molar-refractivity contribution is 0.0768. The minimum atomic E-state index is 0.0860. The van der Waals surface area contributed by atoms with Crippen molar-refractivity contribution in [2.24, 2.45) is 5.92 Å². The Morgan fingerprint density at radius 3 is 2.26 bits per heavy atom. The van der Waals surface area contributed by atoms with Gasteiger partial charge in [0.15, 0.2) is 5.82 Å². The van der Waals surface area contributed by atoms with Gasteiger partial charge in [0.1, 0.15) is 6.10 Å². The zero-order valence-electron chi connectivity index (χ0n) is 12.1. The molecule has 2 fully saturated rings. The summed E-state index contributed by atoms with van der Waals surface area (Å²) < 4.78 is 5.58. The molecule has 1 heterocycles. The van der Waals surface area contributed by atoms with Crippen molar-refractivity contribution in [2.75, 3.05) is 7.11 Å². The molecule has 104 valence electrons. The van der Waals surface area contributed by atoms with Crippen LogP contribution in [0.4, 0.5) is 0 Å². The number of hydrogen-bond acceptors (Lipinski definition) is 4. The summed E-state index contributed by atoms with van der Waals surface area (Å²) in [5.74, 6) is 1.49. The summed E-state index contributed by atoms with van der Waals surface area (Å²) in [6, 6.07) is 0.719. The third-order valence-electron chi connectivity index (χ3n) is 4.14. The standard InChI is InChI=1S/C15H23N3O/c1-9-13(8-16-12-6-7-12)10(2)18-15(17-9)14(19-3)11-4-5-11/h11-12,14,16H,4-8H2,1-3H3. The van der Waals surface area contributed by atoms with Gasteiger partial charge in [-0.1, -0.05) is 0 Å². The molecule has 4 nitrogen and oxygen atoms in total. The molecule has 4 heteroatoms. The minimum absolute atomic E-state index is 0.0860. The number of aryl methyl sites for hydroxylation is 2. The summed E-state index contributed by atoms with van der Waals surface area (Å²) >= 11 is 0. The summed E-state index contributed by atoms with van der Waals surface area (Å²) in [7, 11) is 1.76. The predicted octanol–water partition coefficient (Wildman–Crippen LogP) is 2.44. The maximum Gasteiger partial charge on any atom is 0.157 e. The molecule has 0 aromatic carbocycles. The largest absolute Gasteiger partial charge is 0.373 e. The van der Waals surface area contributed by atoms with Crippen molar-refractivity contribution in [3.63, 3.8) is 0 Å². The zero-order valence-corrected chi connectivity index (χ0v) is 12.1. The minimum Gasteiger partial charge on any atom is -0.373 e. The first-order valence-electron chi connectivity index (χ1n) is 7.29. The number of aromatic nitrogens is 2. The maximum absolute atomic E-state index is 5.58. The van der Waals surface area contributed by atoms with Crippen LogP contribution in [0, 0.1) is 19.8 Å². The number of ether oxygens (including phenoxy) is 1.